The molecule has 0 fully saturated rings. The van der Waals surface area contributed by atoms with Crippen LogP contribution in [0, 0.1) is 6.92 Å². The molecule has 3 heterocycles. The Kier molecular flexibility index (Phi) is 3.89. The molecule has 0 spiro atoms. The van der Waals surface area contributed by atoms with E-state index in [-0.39, 0.29) is 0 Å². The molecule has 3 aromatic rings. The van der Waals surface area contributed by atoms with E-state index in [1.807, 2.05) is 12.3 Å². The molecule has 1 atom stereocenters. The normalized spacial score (nSPS) is 18.0. The molecule has 1 unspecified atom stereocenters. The molecule has 3 heteroatoms. The van der Waals surface area contributed by atoms with Gasteiger partial charge in [0.2, 0.25) is 0 Å². The molecule has 0 amide bonds. The summed E-state index contributed by atoms with van der Waals surface area (Å²) in [5, 5.41) is 1.44. The van der Waals surface area contributed by atoms with Crippen LogP contribution >= 0.6 is 0 Å². The minimum atomic E-state index is 0.481. The number of rotatable bonds is 3. The Hall–Kier alpha value is -2.13. The Labute approximate surface area is 143 Å². The summed E-state index contributed by atoms with van der Waals surface area (Å²) in [7, 11) is 2.24. The number of likely N-dealkylation sites (N-methyl/N-ethyl adjacent to an activating group) is 1. The van der Waals surface area contributed by atoms with E-state index in [1.165, 1.54) is 33.4 Å². The number of benzene rings is 1. The second-order valence-corrected chi connectivity index (χ2v) is 7.01. The van der Waals surface area contributed by atoms with Crippen molar-refractivity contribution in [3.05, 3.63) is 65.1 Å². The maximum absolute atomic E-state index is 4.49. The Bertz CT molecular complexity index is 864. The predicted molar refractivity (Wildman–Crippen MR) is 99.4 cm³/mol. The average Bonchev–Trinajstić information content (AvgIpc) is 2.90. The van der Waals surface area contributed by atoms with Crippen molar-refractivity contribution < 1.29 is 0 Å². The summed E-state index contributed by atoms with van der Waals surface area (Å²) in [5.41, 5.74) is 6.94. The highest BCUT2D eigenvalue weighted by atomic mass is 15.1. The highest BCUT2D eigenvalue weighted by Crippen LogP contribution is 2.37. The zero-order chi connectivity index (χ0) is 16.7. The van der Waals surface area contributed by atoms with Crippen LogP contribution in [-0.4, -0.2) is 28.0 Å². The van der Waals surface area contributed by atoms with Crippen molar-refractivity contribution in [2.75, 3.05) is 13.6 Å². The van der Waals surface area contributed by atoms with Crippen molar-refractivity contribution in [1.29, 1.82) is 0 Å². The van der Waals surface area contributed by atoms with Gasteiger partial charge < -0.3 is 4.57 Å². The molecule has 0 bridgehead atoms. The van der Waals surface area contributed by atoms with Gasteiger partial charge >= 0.3 is 0 Å². The van der Waals surface area contributed by atoms with E-state index < -0.39 is 0 Å². The molecule has 4 rings (SSSR count). The number of aromatic nitrogens is 2. The van der Waals surface area contributed by atoms with Gasteiger partial charge in [0.1, 0.15) is 0 Å². The fraction of sp³-hybridized carbons (Fsp3) is 0.381. The van der Waals surface area contributed by atoms with Crippen molar-refractivity contribution in [2.45, 2.75) is 39.3 Å². The van der Waals surface area contributed by atoms with E-state index in [0.717, 1.165) is 25.9 Å². The third-order valence-corrected chi connectivity index (χ3v) is 5.47. The molecular formula is C21H25N3. The van der Waals surface area contributed by atoms with Crippen LogP contribution in [0.4, 0.5) is 0 Å². The first-order valence-corrected chi connectivity index (χ1v) is 8.87. The quantitative estimate of drug-likeness (QED) is 0.723. The SMILES string of the molecule is Cc1ccc2c(c1)c1c(n2CCc2ccccn2)CCN(C)C1C. The van der Waals surface area contributed by atoms with E-state index in [1.54, 1.807) is 0 Å². The molecule has 0 saturated heterocycles. The number of hydrogen-bond donors (Lipinski definition) is 0. The first-order valence-electron chi connectivity index (χ1n) is 8.87. The molecule has 3 nitrogen and oxygen atoms in total. The molecule has 24 heavy (non-hydrogen) atoms. The van der Waals surface area contributed by atoms with Crippen LogP contribution in [0.25, 0.3) is 10.9 Å². The van der Waals surface area contributed by atoms with Crippen LogP contribution in [0.5, 0.6) is 0 Å². The predicted octanol–water partition coefficient (Wildman–Crippen LogP) is 4.14. The smallest absolute Gasteiger partial charge is 0.0486 e. The summed E-state index contributed by atoms with van der Waals surface area (Å²) in [6.45, 7) is 6.66. The Balaban J connectivity index is 1.80. The minimum Gasteiger partial charge on any atom is -0.344 e. The molecule has 0 N–H and O–H groups in total. The lowest BCUT2D eigenvalue weighted by Crippen LogP contribution is -2.31. The van der Waals surface area contributed by atoms with Crippen LogP contribution in [-0.2, 0) is 19.4 Å². The lowest BCUT2D eigenvalue weighted by Gasteiger charge is -2.31. The van der Waals surface area contributed by atoms with Crippen LogP contribution in [0.2, 0.25) is 0 Å². The summed E-state index contributed by atoms with van der Waals surface area (Å²) in [4.78, 5) is 6.96. The Morgan fingerprint density at radius 3 is 2.88 bits per heavy atom. The van der Waals surface area contributed by atoms with Gasteiger partial charge in [0.05, 0.1) is 0 Å². The van der Waals surface area contributed by atoms with Gasteiger partial charge in [-0.05, 0) is 50.7 Å². The van der Waals surface area contributed by atoms with Gasteiger partial charge in [-0.15, -0.1) is 0 Å². The molecule has 0 saturated carbocycles. The topological polar surface area (TPSA) is 21.1 Å². The number of hydrogen-bond acceptors (Lipinski definition) is 2. The van der Waals surface area contributed by atoms with Crippen molar-refractivity contribution in [3.8, 4) is 0 Å². The maximum Gasteiger partial charge on any atom is 0.0486 e. The largest absolute Gasteiger partial charge is 0.344 e. The van der Waals surface area contributed by atoms with E-state index in [4.69, 9.17) is 0 Å². The molecular weight excluding hydrogens is 294 g/mol. The van der Waals surface area contributed by atoms with Gasteiger partial charge in [-0.2, -0.15) is 0 Å². The minimum absolute atomic E-state index is 0.481. The second kappa shape index (κ2) is 6.06. The van der Waals surface area contributed by atoms with Gasteiger partial charge in [0.25, 0.3) is 0 Å². The van der Waals surface area contributed by atoms with Crippen molar-refractivity contribution >= 4 is 10.9 Å². The van der Waals surface area contributed by atoms with E-state index >= 15 is 0 Å². The lowest BCUT2D eigenvalue weighted by atomic mass is 9.97. The highest BCUT2D eigenvalue weighted by molar-refractivity contribution is 5.87. The van der Waals surface area contributed by atoms with E-state index in [0.29, 0.717) is 6.04 Å². The van der Waals surface area contributed by atoms with Gasteiger partial charge in [0.15, 0.2) is 0 Å². The lowest BCUT2D eigenvalue weighted by molar-refractivity contribution is 0.245. The van der Waals surface area contributed by atoms with Crippen molar-refractivity contribution in [3.63, 3.8) is 0 Å². The zero-order valence-corrected chi connectivity index (χ0v) is 14.8. The van der Waals surface area contributed by atoms with Crippen LogP contribution in [0.1, 0.15) is 35.5 Å². The summed E-state index contributed by atoms with van der Waals surface area (Å²) in [6, 6.07) is 13.6. The third-order valence-electron chi connectivity index (χ3n) is 5.47. The second-order valence-electron chi connectivity index (χ2n) is 7.01. The molecule has 0 radical (unpaired) electrons. The standard InChI is InChI=1S/C21H25N3/c1-15-7-8-19-18(14-15)21-16(2)23(3)12-10-20(21)24(19)13-9-17-6-4-5-11-22-17/h4-8,11,14,16H,9-10,12-13H2,1-3H3. The van der Waals surface area contributed by atoms with Gasteiger partial charge in [-0.3, -0.25) is 9.88 Å². The van der Waals surface area contributed by atoms with Gasteiger partial charge in [-0.25, -0.2) is 0 Å². The van der Waals surface area contributed by atoms with E-state index in [2.05, 4.69) is 65.7 Å². The molecule has 1 aliphatic heterocycles. The first kappa shape index (κ1) is 15.4. The summed E-state index contributed by atoms with van der Waals surface area (Å²) in [5.74, 6) is 0. The molecule has 0 aliphatic carbocycles. The van der Waals surface area contributed by atoms with E-state index in [9.17, 15) is 0 Å². The number of nitrogens with zero attached hydrogens (tertiary/aromatic N) is 3. The van der Waals surface area contributed by atoms with Crippen LogP contribution < -0.4 is 0 Å². The number of pyridine rings is 1. The number of aryl methyl sites for hydroxylation is 3. The van der Waals surface area contributed by atoms with Crippen molar-refractivity contribution in [1.82, 2.24) is 14.5 Å². The average molecular weight is 319 g/mol. The fourth-order valence-electron chi connectivity index (χ4n) is 4.01. The Morgan fingerprint density at radius 1 is 1.21 bits per heavy atom. The maximum atomic E-state index is 4.49. The zero-order valence-electron chi connectivity index (χ0n) is 14.8. The van der Waals surface area contributed by atoms with Crippen LogP contribution in [0.3, 0.4) is 0 Å². The summed E-state index contributed by atoms with van der Waals surface area (Å²) in [6.07, 6.45) is 4.00. The van der Waals surface area contributed by atoms with Crippen LogP contribution in [0.15, 0.2) is 42.6 Å². The first-order chi connectivity index (χ1) is 11.6. The van der Waals surface area contributed by atoms with Gasteiger partial charge in [0, 0.05) is 60.5 Å². The fourth-order valence-corrected chi connectivity index (χ4v) is 4.01. The third kappa shape index (κ3) is 2.53. The van der Waals surface area contributed by atoms with Gasteiger partial charge in [-0.1, -0.05) is 17.7 Å². The molecule has 1 aliphatic rings. The Morgan fingerprint density at radius 2 is 2.08 bits per heavy atom. The molecule has 124 valence electrons. The monoisotopic (exact) mass is 319 g/mol. The summed E-state index contributed by atoms with van der Waals surface area (Å²) < 4.78 is 2.54. The number of fused-ring (bicyclic) bond motifs is 3. The highest BCUT2D eigenvalue weighted by Gasteiger charge is 2.27. The van der Waals surface area contributed by atoms with Crippen molar-refractivity contribution in [2.24, 2.45) is 0 Å². The molecule has 1 aromatic carbocycles. The summed E-state index contributed by atoms with van der Waals surface area (Å²) >= 11 is 0. The molecule has 2 aromatic heterocycles.